The van der Waals surface area contributed by atoms with Gasteiger partial charge in [-0.15, -0.1) is 0 Å². The molecule has 0 fully saturated rings. The summed E-state index contributed by atoms with van der Waals surface area (Å²) in [6.45, 7) is 1.29. The molecular formula is C14H22N2O8S. The smallest absolute Gasteiger partial charge is 0.414 e. The molecule has 0 amide bonds. The molecule has 10 nitrogen and oxygen atoms in total. The first-order valence-corrected chi connectivity index (χ1v) is 8.98. The number of rotatable bonds is 9. The van der Waals surface area contributed by atoms with E-state index in [1.807, 2.05) is 30.3 Å². The Labute approximate surface area is 145 Å². The molecule has 11 heteroatoms. The maximum absolute atomic E-state index is 10.8. The first kappa shape index (κ1) is 22.8. The maximum Gasteiger partial charge on any atom is 0.414 e. The van der Waals surface area contributed by atoms with Crippen LogP contribution < -0.4 is 14.8 Å². The van der Waals surface area contributed by atoms with E-state index in [2.05, 4.69) is 10.0 Å². The van der Waals surface area contributed by atoms with Crippen LogP contribution in [0.15, 0.2) is 30.3 Å². The summed E-state index contributed by atoms with van der Waals surface area (Å²) in [7, 11) is -3.15. The van der Waals surface area contributed by atoms with Gasteiger partial charge in [0.1, 0.15) is 18.5 Å². The predicted octanol–water partition coefficient (Wildman–Crippen LogP) is -1.28. The van der Waals surface area contributed by atoms with Gasteiger partial charge in [-0.25, -0.2) is 22.7 Å². The summed E-state index contributed by atoms with van der Waals surface area (Å²) >= 11 is 0. The predicted molar refractivity (Wildman–Crippen MR) is 88.9 cm³/mol. The largest absolute Gasteiger partial charge is 0.491 e. The minimum absolute atomic E-state index is 0.191. The Bertz CT molecular complexity index is 609. The van der Waals surface area contributed by atoms with Crippen LogP contribution in [0.25, 0.3) is 0 Å². The fourth-order valence-corrected chi connectivity index (χ4v) is 1.83. The fourth-order valence-electron chi connectivity index (χ4n) is 1.36. The third-order valence-electron chi connectivity index (χ3n) is 2.41. The zero-order valence-electron chi connectivity index (χ0n) is 13.6. The molecule has 1 atom stereocenters. The number of benzene rings is 1. The Morgan fingerprint density at radius 2 is 1.68 bits per heavy atom. The molecule has 0 saturated heterocycles. The fraction of sp³-hybridized carbons (Fsp3) is 0.429. The molecule has 1 aromatic carbocycles. The van der Waals surface area contributed by atoms with Gasteiger partial charge in [-0.3, -0.25) is 0 Å². The first-order valence-electron chi connectivity index (χ1n) is 7.09. The van der Waals surface area contributed by atoms with Crippen molar-refractivity contribution in [1.82, 2.24) is 10.0 Å². The lowest BCUT2D eigenvalue weighted by Crippen LogP contribution is -2.36. The second-order valence-electron chi connectivity index (χ2n) is 4.76. The molecule has 142 valence electrons. The topological polar surface area (TPSA) is 162 Å². The van der Waals surface area contributed by atoms with Crippen LogP contribution in [-0.4, -0.2) is 74.3 Å². The van der Waals surface area contributed by atoms with Gasteiger partial charge in [-0.2, -0.15) is 0 Å². The van der Waals surface area contributed by atoms with E-state index in [1.54, 1.807) is 0 Å². The molecule has 1 rings (SSSR count). The second kappa shape index (κ2) is 12.2. The van der Waals surface area contributed by atoms with Crippen LogP contribution in [0.3, 0.4) is 0 Å². The van der Waals surface area contributed by atoms with Crippen molar-refractivity contribution in [2.75, 3.05) is 32.5 Å². The van der Waals surface area contributed by atoms with Crippen molar-refractivity contribution in [2.24, 2.45) is 0 Å². The highest BCUT2D eigenvalue weighted by Crippen LogP contribution is 2.08. The van der Waals surface area contributed by atoms with Crippen LogP contribution in [0.4, 0.5) is 0 Å². The molecule has 0 radical (unpaired) electrons. The minimum Gasteiger partial charge on any atom is -0.491 e. The molecule has 0 aliphatic carbocycles. The first-order chi connectivity index (χ1) is 11.6. The molecule has 0 aliphatic rings. The number of para-hydroxylation sites is 1. The summed E-state index contributed by atoms with van der Waals surface area (Å²) < 4.78 is 29.3. The number of nitrogens with one attached hydrogen (secondary N) is 2. The van der Waals surface area contributed by atoms with E-state index in [1.165, 1.54) is 0 Å². The summed E-state index contributed by atoms with van der Waals surface area (Å²) in [4.78, 5) is 18.2. The lowest BCUT2D eigenvalue weighted by molar-refractivity contribution is -0.159. The molecule has 1 unspecified atom stereocenters. The molecule has 1 aromatic rings. The van der Waals surface area contributed by atoms with E-state index in [9.17, 15) is 13.5 Å². The monoisotopic (exact) mass is 378 g/mol. The summed E-state index contributed by atoms with van der Waals surface area (Å²) in [5.74, 6) is -2.94. The number of ether oxygens (including phenoxy) is 1. The van der Waals surface area contributed by atoms with Gasteiger partial charge in [0.25, 0.3) is 0 Å². The Hall–Kier alpha value is -2.21. The number of hydrogen-bond acceptors (Lipinski definition) is 7. The number of aliphatic carboxylic acids is 2. The minimum atomic E-state index is -3.15. The Morgan fingerprint density at radius 3 is 2.16 bits per heavy atom. The summed E-state index contributed by atoms with van der Waals surface area (Å²) in [5.41, 5.74) is 0. The normalized spacial score (nSPS) is 11.8. The van der Waals surface area contributed by atoms with Gasteiger partial charge in [0.2, 0.25) is 10.0 Å². The van der Waals surface area contributed by atoms with Crippen LogP contribution in [0.2, 0.25) is 0 Å². The average molecular weight is 378 g/mol. The highest BCUT2D eigenvalue weighted by molar-refractivity contribution is 7.88. The van der Waals surface area contributed by atoms with Gasteiger partial charge >= 0.3 is 11.9 Å². The molecule has 0 spiro atoms. The van der Waals surface area contributed by atoms with Crippen LogP contribution in [0.1, 0.15) is 0 Å². The summed E-state index contributed by atoms with van der Waals surface area (Å²) in [5, 5.41) is 27.4. The SMILES string of the molecule is CS(=O)(=O)NCCNCC(O)COc1ccccc1.O=C(O)C(=O)O. The van der Waals surface area contributed by atoms with Gasteiger partial charge < -0.3 is 25.4 Å². The van der Waals surface area contributed by atoms with Crippen molar-refractivity contribution in [3.8, 4) is 5.75 Å². The maximum atomic E-state index is 10.8. The molecule has 0 aromatic heterocycles. The lowest BCUT2D eigenvalue weighted by atomic mass is 10.3. The van der Waals surface area contributed by atoms with E-state index < -0.39 is 28.1 Å². The third kappa shape index (κ3) is 15.1. The van der Waals surface area contributed by atoms with E-state index in [4.69, 9.17) is 24.5 Å². The molecule has 5 N–H and O–H groups in total. The third-order valence-corrected chi connectivity index (χ3v) is 3.14. The van der Waals surface area contributed by atoms with Gasteiger partial charge in [-0.1, -0.05) is 18.2 Å². The zero-order valence-corrected chi connectivity index (χ0v) is 14.4. The molecule has 0 aliphatic heterocycles. The van der Waals surface area contributed by atoms with E-state index in [0.717, 1.165) is 6.26 Å². The van der Waals surface area contributed by atoms with Gasteiger partial charge in [0, 0.05) is 19.6 Å². The highest BCUT2D eigenvalue weighted by Gasteiger charge is 2.05. The van der Waals surface area contributed by atoms with Crippen LogP contribution in [0.5, 0.6) is 5.75 Å². The number of sulfonamides is 1. The standard InChI is InChI=1S/C12H20N2O4S.C2H2O4/c1-19(16,17)14-8-7-13-9-11(15)10-18-12-5-3-2-4-6-12;3-1(4)2(5)6/h2-6,11,13-15H,7-10H2,1H3;(H,3,4)(H,5,6). The number of hydrogen-bond donors (Lipinski definition) is 5. The van der Waals surface area contributed by atoms with Crippen molar-refractivity contribution >= 4 is 22.0 Å². The Kier molecular flexibility index (Phi) is 11.1. The molecule has 0 saturated carbocycles. The zero-order chi connectivity index (χ0) is 19.3. The van der Waals surface area contributed by atoms with Crippen molar-refractivity contribution in [2.45, 2.75) is 6.10 Å². The quantitative estimate of drug-likeness (QED) is 0.260. The van der Waals surface area contributed by atoms with Crippen LogP contribution in [-0.2, 0) is 19.6 Å². The van der Waals surface area contributed by atoms with Crippen molar-refractivity contribution in [1.29, 1.82) is 0 Å². The van der Waals surface area contributed by atoms with E-state index in [0.29, 0.717) is 25.4 Å². The van der Waals surface area contributed by atoms with Crippen molar-refractivity contribution in [3.05, 3.63) is 30.3 Å². The number of aliphatic hydroxyl groups is 1. The van der Waals surface area contributed by atoms with Crippen LogP contribution in [0, 0.1) is 0 Å². The van der Waals surface area contributed by atoms with Crippen molar-refractivity contribution < 1.29 is 38.1 Å². The molecule has 25 heavy (non-hydrogen) atoms. The summed E-state index contributed by atoms with van der Waals surface area (Å²) in [6.07, 6.45) is 0.466. The number of carbonyl (C=O) groups is 2. The highest BCUT2D eigenvalue weighted by atomic mass is 32.2. The van der Waals surface area contributed by atoms with Gasteiger partial charge in [0.05, 0.1) is 6.26 Å². The Balaban J connectivity index is 0.000000823. The van der Waals surface area contributed by atoms with Gasteiger partial charge in [0.15, 0.2) is 0 Å². The second-order valence-corrected chi connectivity index (χ2v) is 6.59. The lowest BCUT2D eigenvalue weighted by Gasteiger charge is -2.13. The summed E-state index contributed by atoms with van der Waals surface area (Å²) in [6, 6.07) is 9.24. The van der Waals surface area contributed by atoms with Crippen LogP contribution >= 0.6 is 0 Å². The molecule has 0 heterocycles. The average Bonchev–Trinajstić information content (AvgIpc) is 2.53. The molecule has 0 bridgehead atoms. The Morgan fingerprint density at radius 1 is 1.12 bits per heavy atom. The number of aliphatic hydroxyl groups excluding tert-OH is 1. The number of carboxylic acids is 2. The van der Waals surface area contributed by atoms with E-state index in [-0.39, 0.29) is 6.61 Å². The molecular weight excluding hydrogens is 356 g/mol. The van der Waals surface area contributed by atoms with Crippen molar-refractivity contribution in [3.63, 3.8) is 0 Å². The number of carboxylic acid groups (broad SMARTS) is 2. The van der Waals surface area contributed by atoms with E-state index >= 15 is 0 Å². The van der Waals surface area contributed by atoms with Gasteiger partial charge in [-0.05, 0) is 12.1 Å².